The number of rotatable bonds is 8. The summed E-state index contributed by atoms with van der Waals surface area (Å²) in [7, 11) is 0. The van der Waals surface area contributed by atoms with Gasteiger partial charge in [0.2, 0.25) is 11.1 Å². The van der Waals surface area contributed by atoms with E-state index in [4.69, 9.17) is 4.74 Å². The van der Waals surface area contributed by atoms with Crippen LogP contribution in [-0.4, -0.2) is 40.0 Å². The van der Waals surface area contributed by atoms with Crippen molar-refractivity contribution in [2.45, 2.75) is 12.1 Å². The van der Waals surface area contributed by atoms with Gasteiger partial charge in [-0.15, -0.1) is 5.10 Å². The monoisotopic (exact) mass is 386 g/mol. The van der Waals surface area contributed by atoms with E-state index in [1.807, 2.05) is 31.2 Å². The molecule has 2 aromatic carbocycles. The third-order valence-electron chi connectivity index (χ3n) is 3.61. The van der Waals surface area contributed by atoms with Crippen LogP contribution in [0.25, 0.3) is 11.4 Å². The zero-order chi connectivity index (χ0) is 19.1. The Morgan fingerprint density at radius 1 is 1.26 bits per heavy atom. The zero-order valence-corrected chi connectivity index (χ0v) is 15.6. The molecule has 1 heterocycles. The summed E-state index contributed by atoms with van der Waals surface area (Å²) < 4.78 is 19.3. The van der Waals surface area contributed by atoms with Gasteiger partial charge in [0, 0.05) is 0 Å². The fraction of sp³-hybridized carbons (Fsp3) is 0.211. The molecule has 0 radical (unpaired) electrons. The van der Waals surface area contributed by atoms with Crippen molar-refractivity contribution in [1.29, 1.82) is 0 Å². The highest BCUT2D eigenvalue weighted by Gasteiger charge is 2.11. The first-order valence-electron chi connectivity index (χ1n) is 8.38. The Bertz CT molecular complexity index is 916. The van der Waals surface area contributed by atoms with Crippen molar-refractivity contribution >= 4 is 17.7 Å². The Balaban J connectivity index is 1.40. The Hall–Kier alpha value is -2.87. The number of halogens is 1. The molecule has 0 unspecified atom stereocenters. The highest BCUT2D eigenvalue weighted by atomic mass is 32.2. The number of hydrogen-bond acceptors (Lipinski definition) is 5. The lowest BCUT2D eigenvalue weighted by Crippen LogP contribution is -2.29. The minimum atomic E-state index is -0.378. The molecule has 0 aliphatic carbocycles. The molecule has 0 bridgehead atoms. The van der Waals surface area contributed by atoms with E-state index in [1.165, 1.54) is 17.8 Å². The van der Waals surface area contributed by atoms with Gasteiger partial charge in [0.1, 0.15) is 18.2 Å². The molecule has 6 nitrogen and oxygen atoms in total. The zero-order valence-electron chi connectivity index (χ0n) is 14.7. The van der Waals surface area contributed by atoms with Crippen LogP contribution in [0.2, 0.25) is 0 Å². The number of thioether (sulfide) groups is 1. The van der Waals surface area contributed by atoms with E-state index in [0.717, 1.165) is 11.3 Å². The van der Waals surface area contributed by atoms with E-state index < -0.39 is 0 Å². The quantitative estimate of drug-likeness (QED) is 0.459. The molecule has 0 saturated carbocycles. The maximum absolute atomic E-state index is 13.7. The predicted molar refractivity (Wildman–Crippen MR) is 102 cm³/mol. The second-order valence-electron chi connectivity index (χ2n) is 5.75. The minimum Gasteiger partial charge on any atom is -0.492 e. The molecule has 0 spiro atoms. The van der Waals surface area contributed by atoms with Crippen molar-refractivity contribution in [1.82, 2.24) is 20.5 Å². The number of aryl methyl sites for hydroxylation is 1. The number of carbonyl (C=O) groups is 1. The molecule has 1 aromatic heterocycles. The predicted octanol–water partition coefficient (Wildman–Crippen LogP) is 3.21. The van der Waals surface area contributed by atoms with Crippen LogP contribution in [0.3, 0.4) is 0 Å². The van der Waals surface area contributed by atoms with Gasteiger partial charge in [-0.3, -0.25) is 9.89 Å². The summed E-state index contributed by atoms with van der Waals surface area (Å²) in [5, 5.41) is 9.86. The first-order valence-corrected chi connectivity index (χ1v) is 9.36. The van der Waals surface area contributed by atoms with Crippen molar-refractivity contribution in [2.24, 2.45) is 0 Å². The third-order valence-corrected chi connectivity index (χ3v) is 4.46. The van der Waals surface area contributed by atoms with E-state index in [2.05, 4.69) is 20.5 Å². The van der Waals surface area contributed by atoms with Crippen LogP contribution in [0.4, 0.5) is 4.39 Å². The molecule has 27 heavy (non-hydrogen) atoms. The van der Waals surface area contributed by atoms with Crippen LogP contribution in [0.5, 0.6) is 5.75 Å². The normalized spacial score (nSPS) is 10.6. The summed E-state index contributed by atoms with van der Waals surface area (Å²) in [5.41, 5.74) is 1.46. The van der Waals surface area contributed by atoms with Crippen molar-refractivity contribution < 1.29 is 13.9 Å². The van der Waals surface area contributed by atoms with E-state index >= 15 is 0 Å². The highest BCUT2D eigenvalue weighted by Crippen LogP contribution is 2.21. The molecular formula is C19H19FN4O2S. The summed E-state index contributed by atoms with van der Waals surface area (Å²) in [6, 6.07) is 14.0. The summed E-state index contributed by atoms with van der Waals surface area (Å²) >= 11 is 1.18. The molecular weight excluding hydrogens is 367 g/mol. The van der Waals surface area contributed by atoms with Gasteiger partial charge in [0.25, 0.3) is 0 Å². The lowest BCUT2D eigenvalue weighted by molar-refractivity contribution is -0.118. The highest BCUT2D eigenvalue weighted by molar-refractivity contribution is 7.99. The molecule has 0 atom stereocenters. The Kier molecular flexibility index (Phi) is 6.43. The summed E-state index contributed by atoms with van der Waals surface area (Å²) in [6.07, 6.45) is 0. The average Bonchev–Trinajstić information content (AvgIpc) is 3.13. The number of benzene rings is 2. The Morgan fingerprint density at radius 3 is 2.93 bits per heavy atom. The molecule has 3 rings (SSSR count). The molecule has 3 aromatic rings. The van der Waals surface area contributed by atoms with Crippen LogP contribution >= 0.6 is 11.8 Å². The number of amides is 1. The molecule has 140 valence electrons. The first-order chi connectivity index (χ1) is 13.1. The fourth-order valence-electron chi connectivity index (χ4n) is 2.33. The average molecular weight is 386 g/mol. The van der Waals surface area contributed by atoms with Gasteiger partial charge in [0.05, 0.1) is 17.9 Å². The Morgan fingerprint density at radius 2 is 2.11 bits per heavy atom. The van der Waals surface area contributed by atoms with Crippen molar-refractivity contribution in [3.05, 3.63) is 59.9 Å². The molecule has 1 amide bonds. The second-order valence-corrected chi connectivity index (χ2v) is 6.69. The maximum atomic E-state index is 13.7. The summed E-state index contributed by atoms with van der Waals surface area (Å²) in [5.74, 6) is 0.753. The number of aromatic amines is 1. The van der Waals surface area contributed by atoms with Crippen LogP contribution < -0.4 is 10.1 Å². The molecule has 8 heteroatoms. The SMILES string of the molecule is Cc1cccc(OCCNC(=O)CSc2n[nH]c(-c3ccccc3F)n2)c1. The van der Waals surface area contributed by atoms with E-state index in [0.29, 0.717) is 29.7 Å². The fourth-order valence-corrected chi connectivity index (χ4v) is 2.96. The van der Waals surface area contributed by atoms with Crippen molar-refractivity contribution in [2.75, 3.05) is 18.9 Å². The smallest absolute Gasteiger partial charge is 0.230 e. The van der Waals surface area contributed by atoms with Crippen molar-refractivity contribution in [3.8, 4) is 17.1 Å². The summed E-state index contributed by atoms with van der Waals surface area (Å²) in [4.78, 5) is 16.1. The number of hydrogen-bond donors (Lipinski definition) is 2. The molecule has 0 saturated heterocycles. The molecule has 0 fully saturated rings. The van der Waals surface area contributed by atoms with Gasteiger partial charge in [-0.25, -0.2) is 9.37 Å². The Labute approximate surface area is 160 Å². The van der Waals surface area contributed by atoms with Gasteiger partial charge in [0.15, 0.2) is 5.82 Å². The number of aromatic nitrogens is 3. The minimum absolute atomic E-state index is 0.148. The number of nitrogens with zero attached hydrogens (tertiary/aromatic N) is 2. The topological polar surface area (TPSA) is 79.9 Å². The van der Waals surface area contributed by atoms with Gasteiger partial charge in [-0.2, -0.15) is 0 Å². The van der Waals surface area contributed by atoms with Crippen LogP contribution in [-0.2, 0) is 4.79 Å². The largest absolute Gasteiger partial charge is 0.492 e. The number of nitrogens with one attached hydrogen (secondary N) is 2. The lowest BCUT2D eigenvalue weighted by atomic mass is 10.2. The van der Waals surface area contributed by atoms with Gasteiger partial charge in [-0.1, -0.05) is 36.0 Å². The third kappa shape index (κ3) is 5.55. The van der Waals surface area contributed by atoms with Gasteiger partial charge >= 0.3 is 0 Å². The van der Waals surface area contributed by atoms with Crippen LogP contribution in [0.1, 0.15) is 5.56 Å². The van der Waals surface area contributed by atoms with E-state index in [-0.39, 0.29) is 17.5 Å². The maximum Gasteiger partial charge on any atom is 0.230 e. The molecule has 0 aliphatic rings. The van der Waals surface area contributed by atoms with Crippen LogP contribution in [0, 0.1) is 12.7 Å². The van der Waals surface area contributed by atoms with Gasteiger partial charge < -0.3 is 10.1 Å². The number of H-pyrrole nitrogens is 1. The number of carbonyl (C=O) groups excluding carboxylic acids is 1. The second kappa shape index (κ2) is 9.18. The molecule has 0 aliphatic heterocycles. The van der Waals surface area contributed by atoms with E-state index in [9.17, 15) is 9.18 Å². The number of ether oxygens (including phenoxy) is 1. The standard InChI is InChI=1S/C19H19FN4O2S/c1-13-5-4-6-14(11-13)26-10-9-21-17(25)12-27-19-22-18(23-24-19)15-7-2-3-8-16(15)20/h2-8,11H,9-10,12H2,1H3,(H,21,25)(H,22,23,24). The molecule has 2 N–H and O–H groups in total. The van der Waals surface area contributed by atoms with Gasteiger partial charge in [-0.05, 0) is 36.8 Å². The first kappa shape index (κ1) is 18.9. The van der Waals surface area contributed by atoms with Crippen LogP contribution in [0.15, 0.2) is 53.7 Å². The summed E-state index contributed by atoms with van der Waals surface area (Å²) in [6.45, 7) is 2.78. The van der Waals surface area contributed by atoms with E-state index in [1.54, 1.807) is 18.2 Å². The van der Waals surface area contributed by atoms with Crippen molar-refractivity contribution in [3.63, 3.8) is 0 Å². The lowest BCUT2D eigenvalue weighted by Gasteiger charge is -2.07.